The minimum absolute atomic E-state index is 0.0890. The van der Waals surface area contributed by atoms with Gasteiger partial charge in [-0.2, -0.15) is 0 Å². The number of hydrogen-bond acceptors (Lipinski definition) is 6. The van der Waals surface area contributed by atoms with Gasteiger partial charge in [-0.25, -0.2) is 0 Å². The van der Waals surface area contributed by atoms with Crippen LogP contribution in [0.5, 0.6) is 0 Å². The van der Waals surface area contributed by atoms with Crippen LogP contribution < -0.4 is 0 Å². The Bertz CT molecular complexity index is 1520. The minimum atomic E-state index is -0.791. The van der Waals surface area contributed by atoms with Crippen molar-refractivity contribution >= 4 is 17.9 Å². The summed E-state index contributed by atoms with van der Waals surface area (Å²) in [4.78, 5) is 38.0. The van der Waals surface area contributed by atoms with Crippen molar-refractivity contribution in [3.05, 3.63) is 122 Å². The molecule has 0 saturated heterocycles. The third-order valence-corrected chi connectivity index (χ3v) is 12.2. The Hall–Kier alpha value is -4.19. The molecule has 6 heteroatoms. The van der Waals surface area contributed by atoms with Gasteiger partial charge in [-0.3, -0.25) is 14.4 Å². The maximum Gasteiger partial charge on any atom is 0.306 e. The molecule has 0 aliphatic heterocycles. The minimum Gasteiger partial charge on any atom is -0.462 e. The summed E-state index contributed by atoms with van der Waals surface area (Å²) >= 11 is 0. The molecule has 0 spiro atoms. The molecule has 0 bridgehead atoms. The Morgan fingerprint density at radius 3 is 0.889 bits per heavy atom. The van der Waals surface area contributed by atoms with Gasteiger partial charge in [0.1, 0.15) is 13.2 Å². The normalized spacial score (nSPS) is 13.0. The van der Waals surface area contributed by atoms with Gasteiger partial charge in [-0.05, 0) is 109 Å². The number of hydrogen-bond donors (Lipinski definition) is 0. The molecule has 0 N–H and O–H groups in total. The van der Waals surface area contributed by atoms with Crippen LogP contribution >= 0.6 is 0 Å². The second-order valence-electron chi connectivity index (χ2n) is 19.2. The van der Waals surface area contributed by atoms with Crippen LogP contribution in [0.15, 0.2) is 122 Å². The predicted molar refractivity (Wildman–Crippen MR) is 311 cm³/mol. The van der Waals surface area contributed by atoms with Gasteiger partial charge in [-0.1, -0.05) is 251 Å². The molecule has 0 saturated carbocycles. The molecule has 0 fully saturated rings. The highest BCUT2D eigenvalue weighted by Crippen LogP contribution is 2.14. The van der Waals surface area contributed by atoms with Crippen molar-refractivity contribution in [2.45, 2.75) is 264 Å². The highest BCUT2D eigenvalue weighted by molar-refractivity contribution is 5.71. The van der Waals surface area contributed by atoms with E-state index in [0.717, 1.165) is 148 Å². The molecule has 0 rings (SSSR count). The Kier molecular flexibility index (Phi) is 55.9. The summed E-state index contributed by atoms with van der Waals surface area (Å²) in [6, 6.07) is 0. The summed E-state index contributed by atoms with van der Waals surface area (Å²) in [6.07, 6.45) is 82.0. The SMILES string of the molecule is CC/C=C\C/C=C\C/C=C\C/C=C\C/C=C\C/C=C\C/C=C\C/C=C\CCCCCCCCC(=O)OCC(COC(=O)CCCCCCCCCCC)OC(=O)CCCCCCC/C=C\C/C=C\CCCC. The van der Waals surface area contributed by atoms with Gasteiger partial charge < -0.3 is 14.2 Å². The molecule has 6 nitrogen and oxygen atoms in total. The summed E-state index contributed by atoms with van der Waals surface area (Å²) in [5.41, 5.74) is 0. The first kappa shape index (κ1) is 67.8. The number of ether oxygens (including phenoxy) is 3. The van der Waals surface area contributed by atoms with Crippen LogP contribution in [-0.4, -0.2) is 37.2 Å². The fourth-order valence-electron chi connectivity index (χ4n) is 7.77. The number of allylic oxidation sites excluding steroid dienone is 20. The van der Waals surface area contributed by atoms with Crippen molar-refractivity contribution in [2.24, 2.45) is 0 Å². The zero-order valence-electron chi connectivity index (χ0n) is 46.7. The molecule has 72 heavy (non-hydrogen) atoms. The van der Waals surface area contributed by atoms with Gasteiger partial charge in [0, 0.05) is 19.3 Å². The van der Waals surface area contributed by atoms with Crippen LogP contribution in [0.3, 0.4) is 0 Å². The lowest BCUT2D eigenvalue weighted by Gasteiger charge is -2.18. The first-order valence-corrected chi connectivity index (χ1v) is 29.5. The van der Waals surface area contributed by atoms with Crippen molar-refractivity contribution in [3.63, 3.8) is 0 Å². The fourth-order valence-corrected chi connectivity index (χ4v) is 7.77. The molecule has 0 amide bonds. The second kappa shape index (κ2) is 59.4. The summed E-state index contributed by atoms with van der Waals surface area (Å²) in [6.45, 7) is 6.43. The van der Waals surface area contributed by atoms with E-state index in [9.17, 15) is 14.4 Å². The Morgan fingerprint density at radius 2 is 0.556 bits per heavy atom. The van der Waals surface area contributed by atoms with E-state index in [2.05, 4.69) is 142 Å². The maximum absolute atomic E-state index is 12.8. The highest BCUT2D eigenvalue weighted by atomic mass is 16.6. The first-order valence-electron chi connectivity index (χ1n) is 29.5. The highest BCUT2D eigenvalue weighted by Gasteiger charge is 2.19. The average Bonchev–Trinajstić information content (AvgIpc) is 3.38. The fraction of sp³-hybridized carbons (Fsp3) is 0.652. The number of rotatable bonds is 52. The van der Waals surface area contributed by atoms with E-state index in [1.807, 2.05) is 0 Å². The van der Waals surface area contributed by atoms with E-state index in [1.165, 1.54) is 70.6 Å². The molecule has 0 aliphatic carbocycles. The van der Waals surface area contributed by atoms with Crippen LogP contribution in [0.4, 0.5) is 0 Å². The van der Waals surface area contributed by atoms with E-state index < -0.39 is 6.10 Å². The summed E-state index contributed by atoms with van der Waals surface area (Å²) in [5, 5.41) is 0. The summed E-state index contributed by atoms with van der Waals surface area (Å²) < 4.78 is 16.8. The summed E-state index contributed by atoms with van der Waals surface area (Å²) in [5.74, 6) is -0.923. The quantitative estimate of drug-likeness (QED) is 0.0261. The van der Waals surface area contributed by atoms with Gasteiger partial charge in [-0.15, -0.1) is 0 Å². The average molecular weight is 998 g/mol. The predicted octanol–water partition coefficient (Wildman–Crippen LogP) is 20.0. The number of carbonyl (C=O) groups excluding carboxylic acids is 3. The standard InChI is InChI=1S/C66H108O6/c1-4-7-10-13-16-19-21-23-25-26-27-28-29-30-31-32-33-34-35-36-37-38-39-40-41-43-44-47-50-53-56-59-65(68)71-62-63(61-70-64(67)58-55-52-49-46-18-15-12-9-6-3)72-66(69)60-57-54-51-48-45-42-24-22-20-17-14-11-8-5-2/h7,10,14,16-17,19,22-25,27-28,30-31,33-34,36-37,39-40,63H,4-6,8-9,11-13,15,18,20-21,26,29,32,35,38,41-62H2,1-3H3/b10-7-,17-14-,19-16-,24-22-,25-23-,28-27-,31-30-,34-33-,37-36-,40-39-. The molecule has 0 aromatic carbocycles. The van der Waals surface area contributed by atoms with E-state index in [1.54, 1.807) is 0 Å². The topological polar surface area (TPSA) is 78.9 Å². The summed E-state index contributed by atoms with van der Waals surface area (Å²) in [7, 11) is 0. The van der Waals surface area contributed by atoms with Crippen molar-refractivity contribution < 1.29 is 28.6 Å². The van der Waals surface area contributed by atoms with E-state index >= 15 is 0 Å². The number of unbranched alkanes of at least 4 members (excludes halogenated alkanes) is 21. The van der Waals surface area contributed by atoms with Crippen molar-refractivity contribution in [1.82, 2.24) is 0 Å². The maximum atomic E-state index is 12.8. The Labute approximate surface area is 443 Å². The Balaban J connectivity index is 4.25. The lowest BCUT2D eigenvalue weighted by atomic mass is 10.1. The molecule has 0 aromatic rings. The van der Waals surface area contributed by atoms with Crippen LogP contribution in [0.1, 0.15) is 258 Å². The second-order valence-corrected chi connectivity index (χ2v) is 19.2. The third-order valence-electron chi connectivity index (χ3n) is 12.2. The molecule has 0 radical (unpaired) electrons. The van der Waals surface area contributed by atoms with Gasteiger partial charge in [0.2, 0.25) is 0 Å². The molecule has 0 heterocycles. The van der Waals surface area contributed by atoms with Gasteiger partial charge in [0.05, 0.1) is 0 Å². The molecule has 1 atom stereocenters. The molecule has 1 unspecified atom stereocenters. The molecule has 0 aliphatic rings. The Morgan fingerprint density at radius 1 is 0.292 bits per heavy atom. The van der Waals surface area contributed by atoms with Crippen molar-refractivity contribution in [3.8, 4) is 0 Å². The first-order chi connectivity index (χ1) is 35.5. The van der Waals surface area contributed by atoms with Gasteiger partial charge in [0.15, 0.2) is 6.10 Å². The smallest absolute Gasteiger partial charge is 0.306 e. The number of esters is 3. The van der Waals surface area contributed by atoms with E-state index in [-0.39, 0.29) is 31.1 Å². The van der Waals surface area contributed by atoms with Gasteiger partial charge in [0.25, 0.3) is 0 Å². The largest absolute Gasteiger partial charge is 0.462 e. The van der Waals surface area contributed by atoms with Crippen LogP contribution in [0.2, 0.25) is 0 Å². The zero-order chi connectivity index (χ0) is 52.2. The van der Waals surface area contributed by atoms with Gasteiger partial charge >= 0.3 is 17.9 Å². The third kappa shape index (κ3) is 56.7. The van der Waals surface area contributed by atoms with Crippen LogP contribution in [0, 0.1) is 0 Å². The lowest BCUT2D eigenvalue weighted by molar-refractivity contribution is -0.167. The molecular formula is C66H108O6. The van der Waals surface area contributed by atoms with Crippen molar-refractivity contribution in [1.29, 1.82) is 0 Å². The van der Waals surface area contributed by atoms with Crippen LogP contribution in [0.25, 0.3) is 0 Å². The van der Waals surface area contributed by atoms with E-state index in [0.29, 0.717) is 19.3 Å². The van der Waals surface area contributed by atoms with Crippen molar-refractivity contribution in [2.75, 3.05) is 13.2 Å². The van der Waals surface area contributed by atoms with Crippen LogP contribution in [-0.2, 0) is 28.6 Å². The lowest BCUT2D eigenvalue weighted by Crippen LogP contribution is -2.30. The molecule has 0 aromatic heterocycles. The molecular weight excluding hydrogens is 889 g/mol. The monoisotopic (exact) mass is 997 g/mol. The number of carbonyl (C=O) groups is 3. The van der Waals surface area contributed by atoms with E-state index in [4.69, 9.17) is 14.2 Å². The molecule has 408 valence electrons. The zero-order valence-corrected chi connectivity index (χ0v) is 46.7.